The van der Waals surface area contributed by atoms with Crippen LogP contribution in [0.4, 0.5) is 5.69 Å². The van der Waals surface area contributed by atoms with E-state index in [9.17, 15) is 18.0 Å². The summed E-state index contributed by atoms with van der Waals surface area (Å²) in [5.41, 5.74) is 5.83. The highest BCUT2D eigenvalue weighted by Gasteiger charge is 2.26. The Hall–Kier alpha value is -4.80. The fourth-order valence-corrected chi connectivity index (χ4v) is 5.35. The second-order valence-electron chi connectivity index (χ2n) is 9.45. The first kappa shape index (κ1) is 30.2. The Balaban J connectivity index is 1.29. The normalized spacial score (nSPS) is 11.4. The molecule has 10 heteroatoms. The van der Waals surface area contributed by atoms with E-state index in [2.05, 4.69) is 15.8 Å². The summed E-state index contributed by atoms with van der Waals surface area (Å²) in [6, 6.07) is 31.8. The van der Waals surface area contributed by atoms with Crippen LogP contribution in [0.1, 0.15) is 16.7 Å². The van der Waals surface area contributed by atoms with Gasteiger partial charge in [0.2, 0.25) is 10.0 Å². The van der Waals surface area contributed by atoms with Crippen LogP contribution in [0.2, 0.25) is 0 Å². The summed E-state index contributed by atoms with van der Waals surface area (Å²) in [6.45, 7) is 1.56. The molecule has 0 saturated heterocycles. The van der Waals surface area contributed by atoms with Crippen LogP contribution < -0.4 is 15.5 Å². The van der Waals surface area contributed by atoms with Crippen molar-refractivity contribution in [3.8, 4) is 5.75 Å². The lowest BCUT2D eigenvalue weighted by atomic mass is 10.1. The van der Waals surface area contributed by atoms with Crippen LogP contribution in [0.15, 0.2) is 119 Å². The maximum Gasteiger partial charge on any atom is 0.262 e. The Kier molecular flexibility index (Phi) is 10.6. The summed E-state index contributed by atoms with van der Waals surface area (Å²) in [7, 11) is -3.90. The van der Waals surface area contributed by atoms with E-state index >= 15 is 0 Å². The van der Waals surface area contributed by atoms with Gasteiger partial charge in [0, 0.05) is 12.2 Å². The van der Waals surface area contributed by atoms with Gasteiger partial charge in [0.05, 0.1) is 17.7 Å². The third-order valence-electron chi connectivity index (χ3n) is 6.18. The number of anilines is 1. The van der Waals surface area contributed by atoms with Gasteiger partial charge in [-0.2, -0.15) is 9.41 Å². The standard InChI is InChI=1S/C32H32N4O5S/c1-25-12-16-28(17-13-25)34-32(38)24-41-29-18-14-27(15-19-29)22-33-35-31(37)23-36(21-20-26-8-4-2-5-9-26)42(39,40)30-10-6-3-7-11-30/h2-19,22H,20-21,23-24H2,1H3,(H,34,38)(H,35,37)/b33-22-. The summed E-state index contributed by atoms with van der Waals surface area (Å²) in [5.74, 6) is -0.354. The van der Waals surface area contributed by atoms with Gasteiger partial charge in [-0.05, 0) is 73.0 Å². The molecular weight excluding hydrogens is 552 g/mol. The van der Waals surface area contributed by atoms with E-state index in [1.165, 1.54) is 18.3 Å². The van der Waals surface area contributed by atoms with Crippen molar-refractivity contribution in [2.45, 2.75) is 18.2 Å². The van der Waals surface area contributed by atoms with Crippen molar-refractivity contribution in [2.24, 2.45) is 5.10 Å². The van der Waals surface area contributed by atoms with Gasteiger partial charge < -0.3 is 10.1 Å². The molecule has 2 amide bonds. The highest BCUT2D eigenvalue weighted by molar-refractivity contribution is 7.89. The lowest BCUT2D eigenvalue weighted by Gasteiger charge is -2.21. The Morgan fingerprint density at radius 1 is 0.833 bits per heavy atom. The van der Waals surface area contributed by atoms with E-state index in [1.54, 1.807) is 42.5 Å². The molecule has 2 N–H and O–H groups in total. The first-order chi connectivity index (χ1) is 20.3. The molecule has 42 heavy (non-hydrogen) atoms. The first-order valence-corrected chi connectivity index (χ1v) is 14.7. The van der Waals surface area contributed by atoms with E-state index < -0.39 is 22.5 Å². The molecule has 0 heterocycles. The molecule has 0 bridgehead atoms. The number of carbonyl (C=O) groups is 2. The lowest BCUT2D eigenvalue weighted by Crippen LogP contribution is -2.40. The SMILES string of the molecule is Cc1ccc(NC(=O)COc2ccc(/C=N\NC(=O)CN(CCc3ccccc3)S(=O)(=O)c3ccccc3)cc2)cc1. The molecule has 0 spiro atoms. The maximum atomic E-state index is 13.3. The summed E-state index contributed by atoms with van der Waals surface area (Å²) in [4.78, 5) is 24.9. The van der Waals surface area contributed by atoms with Crippen LogP contribution in [-0.2, 0) is 26.0 Å². The molecule has 0 saturated carbocycles. The number of nitrogens with zero attached hydrogens (tertiary/aromatic N) is 2. The van der Waals surface area contributed by atoms with E-state index in [4.69, 9.17) is 4.74 Å². The first-order valence-electron chi connectivity index (χ1n) is 13.3. The molecule has 216 valence electrons. The third-order valence-corrected chi connectivity index (χ3v) is 8.04. The minimum Gasteiger partial charge on any atom is -0.484 e. The second-order valence-corrected chi connectivity index (χ2v) is 11.4. The van der Waals surface area contributed by atoms with Crippen LogP contribution in [-0.4, -0.2) is 50.4 Å². The number of benzene rings is 4. The highest BCUT2D eigenvalue weighted by Crippen LogP contribution is 2.16. The van der Waals surface area contributed by atoms with E-state index in [-0.39, 0.29) is 24.0 Å². The molecule has 0 atom stereocenters. The van der Waals surface area contributed by atoms with Gasteiger partial charge >= 0.3 is 0 Å². The van der Waals surface area contributed by atoms with Crippen LogP contribution in [0.3, 0.4) is 0 Å². The molecule has 0 unspecified atom stereocenters. The molecular formula is C32H32N4O5S. The predicted octanol–water partition coefficient (Wildman–Crippen LogP) is 4.40. The maximum absolute atomic E-state index is 13.3. The van der Waals surface area contributed by atoms with E-state index in [1.807, 2.05) is 61.5 Å². The Bertz CT molecular complexity index is 1590. The van der Waals surface area contributed by atoms with Crippen molar-refractivity contribution in [2.75, 3.05) is 25.0 Å². The molecule has 4 aromatic rings. The van der Waals surface area contributed by atoms with Gasteiger partial charge in [-0.3, -0.25) is 9.59 Å². The van der Waals surface area contributed by atoms with E-state index in [0.29, 0.717) is 23.4 Å². The quantitative estimate of drug-likeness (QED) is 0.179. The van der Waals surface area contributed by atoms with Gasteiger partial charge in [0.1, 0.15) is 5.75 Å². The van der Waals surface area contributed by atoms with Crippen LogP contribution in [0.25, 0.3) is 0 Å². The zero-order chi connectivity index (χ0) is 29.8. The number of hydrazone groups is 1. The third kappa shape index (κ3) is 9.12. The Morgan fingerprint density at radius 3 is 2.14 bits per heavy atom. The van der Waals surface area contributed by atoms with Crippen LogP contribution >= 0.6 is 0 Å². The van der Waals surface area contributed by atoms with Crippen molar-refractivity contribution in [3.63, 3.8) is 0 Å². The van der Waals surface area contributed by atoms with Gasteiger partial charge in [-0.15, -0.1) is 0 Å². The molecule has 0 aliphatic carbocycles. The zero-order valence-electron chi connectivity index (χ0n) is 23.1. The molecule has 0 aliphatic heterocycles. The lowest BCUT2D eigenvalue weighted by molar-refractivity contribution is -0.121. The summed E-state index contributed by atoms with van der Waals surface area (Å²) >= 11 is 0. The molecule has 9 nitrogen and oxygen atoms in total. The van der Waals surface area contributed by atoms with Crippen molar-refractivity contribution >= 4 is 33.7 Å². The molecule has 0 radical (unpaired) electrons. The minimum atomic E-state index is -3.90. The summed E-state index contributed by atoms with van der Waals surface area (Å²) in [6.07, 6.45) is 1.89. The van der Waals surface area contributed by atoms with Crippen molar-refractivity contribution in [1.29, 1.82) is 0 Å². The largest absolute Gasteiger partial charge is 0.484 e. The zero-order valence-corrected chi connectivity index (χ0v) is 24.0. The van der Waals surface area contributed by atoms with E-state index in [0.717, 1.165) is 15.4 Å². The average molecular weight is 585 g/mol. The topological polar surface area (TPSA) is 117 Å². The van der Waals surface area contributed by atoms with Crippen molar-refractivity contribution in [1.82, 2.24) is 9.73 Å². The molecule has 4 aromatic carbocycles. The molecule has 0 fully saturated rings. The molecule has 4 rings (SSSR count). The smallest absolute Gasteiger partial charge is 0.262 e. The number of ether oxygens (including phenoxy) is 1. The van der Waals surface area contributed by atoms with Gasteiger partial charge in [-0.25, -0.2) is 13.8 Å². The average Bonchev–Trinajstić information content (AvgIpc) is 3.01. The van der Waals surface area contributed by atoms with Gasteiger partial charge in [0.15, 0.2) is 6.61 Å². The number of sulfonamides is 1. The van der Waals surface area contributed by atoms with Gasteiger partial charge in [0.25, 0.3) is 11.8 Å². The fourth-order valence-electron chi connectivity index (χ4n) is 3.93. The summed E-state index contributed by atoms with van der Waals surface area (Å²) in [5, 5.41) is 6.74. The number of aryl methyl sites for hydroxylation is 1. The Morgan fingerprint density at radius 2 is 1.48 bits per heavy atom. The number of rotatable bonds is 13. The second kappa shape index (κ2) is 14.7. The van der Waals surface area contributed by atoms with Crippen molar-refractivity contribution in [3.05, 3.63) is 126 Å². The molecule has 0 aliphatic rings. The molecule has 0 aromatic heterocycles. The summed E-state index contributed by atoms with van der Waals surface area (Å²) < 4.78 is 33.3. The minimum absolute atomic E-state index is 0.115. The number of hydrogen-bond acceptors (Lipinski definition) is 6. The number of hydrogen-bond donors (Lipinski definition) is 2. The van der Waals surface area contributed by atoms with Crippen LogP contribution in [0.5, 0.6) is 5.75 Å². The van der Waals surface area contributed by atoms with Crippen molar-refractivity contribution < 1.29 is 22.7 Å². The fraction of sp³-hybridized carbons (Fsp3) is 0.156. The number of carbonyl (C=O) groups excluding carboxylic acids is 2. The predicted molar refractivity (Wildman–Crippen MR) is 163 cm³/mol. The number of nitrogens with one attached hydrogen (secondary N) is 2. The number of amides is 2. The highest BCUT2D eigenvalue weighted by atomic mass is 32.2. The Labute approximate surface area is 245 Å². The monoisotopic (exact) mass is 584 g/mol. The van der Waals surface area contributed by atoms with Crippen LogP contribution in [0, 0.1) is 6.92 Å². The van der Waals surface area contributed by atoms with Gasteiger partial charge in [-0.1, -0.05) is 66.2 Å².